The van der Waals surface area contributed by atoms with Crippen LogP contribution in [0.5, 0.6) is 0 Å². The lowest BCUT2D eigenvalue weighted by molar-refractivity contribution is 0.0688. The van der Waals surface area contributed by atoms with Crippen LogP contribution < -0.4 is 11.1 Å². The van der Waals surface area contributed by atoms with Crippen LogP contribution in [0.2, 0.25) is 0 Å². The van der Waals surface area contributed by atoms with Crippen molar-refractivity contribution < 1.29 is 313 Å². The summed E-state index contributed by atoms with van der Waals surface area (Å²) in [4.78, 5) is 70.7. The van der Waals surface area contributed by atoms with Crippen LogP contribution in [0.25, 0.3) is 38.9 Å². The highest BCUT2D eigenvalue weighted by molar-refractivity contribution is 6.04. The number of likely N-dealkylation sites (tertiary alicyclic amines) is 2. The number of carboxylic acid groups (broad SMARTS) is 1. The number of rotatable bonds is 13. The molecule has 0 saturated carbocycles. The number of nitriles is 1. The molecule has 6 aromatic heterocycles. The Labute approximate surface area is 708 Å². The van der Waals surface area contributed by atoms with E-state index >= 15 is 0 Å². The molecule has 0 atom stereocenters. The number of carbonyl (C=O) groups excluding carboxylic acids is 3. The summed E-state index contributed by atoms with van der Waals surface area (Å²) in [5.74, 6) is 0.635. The van der Waals surface area contributed by atoms with Gasteiger partial charge in [0.25, 0.3) is 5.91 Å². The lowest BCUT2D eigenvalue weighted by Crippen LogP contribution is -2.48. The molecule has 2 aromatic carbocycles. The average molecular weight is 2160 g/mol. The van der Waals surface area contributed by atoms with Gasteiger partial charge in [0, 0.05) is 339 Å². The van der Waals surface area contributed by atoms with Gasteiger partial charge in [-0.1, -0.05) is 54.1 Å². The second-order valence-corrected chi connectivity index (χ2v) is 17.7. The van der Waals surface area contributed by atoms with E-state index in [4.69, 9.17) is 302 Å². The summed E-state index contributed by atoms with van der Waals surface area (Å²) >= 11 is 0. The van der Waals surface area contributed by atoms with Crippen LogP contribution in [-0.2, 0) is 22.3 Å². The molecule has 0 bridgehead atoms. The third-order valence-electron chi connectivity index (χ3n) is 12.6. The number of aromatic carboxylic acids is 1. The summed E-state index contributed by atoms with van der Waals surface area (Å²) < 4.78 is 487. The molecule has 10 rings (SSSR count). The van der Waals surface area contributed by atoms with Crippen molar-refractivity contribution in [2.75, 3.05) is 58.0 Å². The van der Waals surface area contributed by atoms with E-state index < -0.39 is 5.97 Å². The van der Waals surface area contributed by atoms with Crippen LogP contribution >= 0.6 is 0 Å². The van der Waals surface area contributed by atoms with Crippen molar-refractivity contribution in [3.05, 3.63) is 142 Å². The first-order valence-electron chi connectivity index (χ1n) is 27.9. The van der Waals surface area contributed by atoms with E-state index in [9.17, 15) is 19.2 Å². The maximum Gasteiger partial charge on any atom is 0.409 e. The number of methoxy groups -OCH3 is 2. The van der Waals surface area contributed by atoms with Gasteiger partial charge in [-0.05, 0) is 79.6 Å². The molecule has 3 amide bonds. The molecule has 2 saturated heterocycles. The number of nitrogen functional groups attached to an aromatic ring is 1. The van der Waals surface area contributed by atoms with Gasteiger partial charge in [0.1, 0.15) is 17.0 Å². The zero-order valence-electron chi connectivity index (χ0n) is 63.8. The molecule has 2 aliphatic heterocycles. The normalized spacial score (nSPS) is 8.53. The number of hydrogen-bond donors (Lipinski definition) is 3. The van der Waals surface area contributed by atoms with E-state index in [-0.39, 0.29) is 47.8 Å². The summed E-state index contributed by atoms with van der Waals surface area (Å²) in [6.07, 6.45) is 9.39. The first-order chi connectivity index (χ1) is 65.3. The molecular weight excluding hydrogens is 2100 g/mol. The molecule has 82 heteroatoms. The van der Waals surface area contributed by atoms with E-state index in [2.05, 4.69) is 51.2 Å². The second-order valence-electron chi connectivity index (χ2n) is 17.7. The van der Waals surface area contributed by atoms with Gasteiger partial charge in [0.05, 0.1) is 44.5 Å². The predicted molar refractivity (Wildman–Crippen MR) is 344 cm³/mol. The largest absolute Gasteiger partial charge is 0.477 e. The number of ether oxygens (including phenoxy) is 2. The van der Waals surface area contributed by atoms with Crippen LogP contribution in [0.1, 0.15) is 93.5 Å². The van der Waals surface area contributed by atoms with Crippen LogP contribution in [0.4, 0.5) is 291 Å². The Balaban J connectivity index is -0.0000000500. The van der Waals surface area contributed by atoms with Gasteiger partial charge in [-0.15, -0.1) is 0 Å². The highest BCUT2D eigenvalue weighted by Crippen LogP contribution is 2.31. The average Bonchev–Trinajstić information content (AvgIpc) is 1.70. The van der Waals surface area contributed by atoms with Crippen molar-refractivity contribution in [1.82, 2.24) is 48.9 Å². The molecular formula is C53H57F59N14O9. The summed E-state index contributed by atoms with van der Waals surface area (Å²) in [6.45, 7) is 13.0. The first-order valence-corrected chi connectivity index (χ1v) is 27.9. The lowest BCUT2D eigenvalue weighted by Gasteiger charge is -2.35. The van der Waals surface area contributed by atoms with Gasteiger partial charge >= 0.3 is 18.2 Å². The number of fused-ring (bicyclic) bond motifs is 2. The van der Waals surface area contributed by atoms with Crippen molar-refractivity contribution >= 4 is 46.7 Å². The number of nitrogens with zero attached hydrogens (tertiary/aromatic N) is 12. The van der Waals surface area contributed by atoms with E-state index in [1.54, 1.807) is 43.1 Å². The van der Waals surface area contributed by atoms with E-state index in [1.807, 2.05) is 68.6 Å². The van der Waals surface area contributed by atoms with Crippen molar-refractivity contribution in [3.8, 4) is 28.8 Å². The molecule has 135 heavy (non-hydrogen) atoms. The van der Waals surface area contributed by atoms with Crippen LogP contribution in [-0.4, -0.2) is 125 Å². The third-order valence-corrected chi connectivity index (χ3v) is 12.6. The molecule has 23 nitrogen and oxygen atoms in total. The Hall–Kier alpha value is -13.8. The summed E-state index contributed by atoms with van der Waals surface area (Å²) in [6, 6.07) is 20.9. The number of carboxylic acids is 1. The Bertz CT molecular complexity index is 3600. The number of pyridine rings is 2. The summed E-state index contributed by atoms with van der Waals surface area (Å²) in [5, 5.41) is 28.8. The van der Waals surface area contributed by atoms with Gasteiger partial charge in [-0.25, -0.2) is 30.9 Å². The molecule has 2 fully saturated rings. The fraction of sp³-hybridized carbons (Fsp3) is 0.321. The number of aromatic nitrogens is 8. The number of nitrogens with two attached hydrogens (primary N) is 1. The minimum Gasteiger partial charge on any atom is -0.477 e. The SMILES string of the molecule is C.COC(=O)N1CC(c2nc(-c3ccc(C)c(N)c3)no2)C1.COC(=O)N1CC(c2nc(-c3ccc(C)c(NC(=O)c4cnc5ccc(CCCC#N)cn45)c3)no2)C1.F.FF.FF.FF.FF.FF.FF.FF.FF.FF.FF.FF.FF.FF.FF.FF.FF.FF.FF.FF.FF.FF.FF.FF.FF.FF.FF.FF.FF.FF.[C-]#[N+]CCCc1ccc2ncc(C(=O)O)n2c1. The predicted octanol–water partition coefficient (Wildman–Crippen LogP) is 32.8. The molecule has 0 unspecified atom stereocenters. The molecule has 4 N–H and O–H groups in total. The van der Waals surface area contributed by atoms with E-state index in [1.165, 1.54) is 20.4 Å². The molecule has 0 radical (unpaired) electrons. The van der Waals surface area contributed by atoms with E-state index in [0.29, 0.717) is 96.5 Å². The highest BCUT2D eigenvalue weighted by Gasteiger charge is 2.37. The zero-order valence-corrected chi connectivity index (χ0v) is 63.8. The lowest BCUT2D eigenvalue weighted by atomic mass is 10.0. The molecule has 8 heterocycles. The van der Waals surface area contributed by atoms with Crippen LogP contribution in [0, 0.1) is 31.8 Å². The monoisotopic (exact) mass is 2150 g/mol. The van der Waals surface area contributed by atoms with Gasteiger partial charge in [-0.3, -0.25) is 18.3 Å². The highest BCUT2D eigenvalue weighted by atomic mass is 20.1. The van der Waals surface area contributed by atoms with Gasteiger partial charge in [0.15, 0.2) is 5.69 Å². The number of benzene rings is 2. The Kier molecular flexibility index (Phi) is 229. The van der Waals surface area contributed by atoms with Gasteiger partial charge in [0.2, 0.25) is 30.0 Å². The Morgan fingerprint density at radius 1 is 0.459 bits per heavy atom. The molecule has 0 spiro atoms. The second kappa shape index (κ2) is 167. The van der Waals surface area contributed by atoms with Gasteiger partial charge < -0.3 is 49.3 Å². The number of halogens is 59. The maximum atomic E-state index is 13.2. The Morgan fingerprint density at radius 3 is 1.04 bits per heavy atom. The quantitative estimate of drug-likeness (QED) is 0.0418. The standard InChI is InChI=1S/C26H25N7O4.C14H16N4O3.C12H11N3O2.CH4.29F2.FH/c1-16-6-8-18(23-30-25(37-31-23)19-14-32(15-19)26(35)36-2)11-20(16)29-24(34)21-12-28-22-9-7-17(13-33(21)22)5-3-4-10-27;1-8-3-4-9(5-11(8)15)12-16-13(21-17-12)10-6-18(7-10)14(19)20-2;1-13-6-2-3-9-4-5-11-14-7-10(12(16)17)15(11)8-9;;29*1-2;/h6-9,11-13,19H,3-5,14-15H2,1-2H3,(H,29,34);3-5,10H,6-7,15H2,1-2H3;4-5,7-8H,2-3,6H2,(H,16,17);1H4;;;;;;;;;;;;;;;;;;;;;;;;;;;;;;1H. The van der Waals surface area contributed by atoms with Gasteiger partial charge in [-0.2, -0.15) is 15.2 Å². The maximum absolute atomic E-state index is 13.2. The molecule has 2 aliphatic rings. The van der Waals surface area contributed by atoms with Crippen molar-refractivity contribution in [1.29, 1.82) is 5.26 Å². The number of amides is 3. The fourth-order valence-electron chi connectivity index (χ4n) is 8.13. The van der Waals surface area contributed by atoms with E-state index in [0.717, 1.165) is 53.5 Å². The van der Waals surface area contributed by atoms with Crippen molar-refractivity contribution in [2.45, 2.75) is 65.2 Å². The number of nitrogens with one attached hydrogen (secondary N) is 1. The number of carbonyl (C=O) groups is 4. The fourth-order valence-corrected chi connectivity index (χ4v) is 8.13. The first kappa shape index (κ1) is 185. The smallest absolute Gasteiger partial charge is 0.409 e. The summed E-state index contributed by atoms with van der Waals surface area (Å²) in [7, 11) is 2.71. The third kappa shape index (κ3) is 85.5. The number of aryl methyl sites for hydroxylation is 4. The minimum atomic E-state index is -0.990. The minimum absolute atomic E-state index is 0. The number of anilines is 2. The Morgan fingerprint density at radius 2 is 0.748 bits per heavy atom. The number of imidazole rings is 2. The molecule has 8 aromatic rings. The van der Waals surface area contributed by atoms with Crippen molar-refractivity contribution in [3.63, 3.8) is 0 Å². The summed E-state index contributed by atoms with van der Waals surface area (Å²) in [5.41, 5.74) is 14.5. The number of unbranched alkanes of at least 4 members (excludes halogenated alkanes) is 1. The number of hydrogen-bond acceptors (Lipinski definition) is 16. The molecule has 806 valence electrons. The van der Waals surface area contributed by atoms with Crippen molar-refractivity contribution in [2.24, 2.45) is 0 Å². The topological polar surface area (TPSA) is 292 Å². The zero-order chi connectivity index (χ0) is 111. The molecule has 0 aliphatic carbocycles. The van der Waals surface area contributed by atoms with Crippen LogP contribution in [0.3, 0.4) is 0 Å². The van der Waals surface area contributed by atoms with Crippen LogP contribution in [0.15, 0.2) is 94.5 Å².